The third-order valence-electron chi connectivity index (χ3n) is 19.6. The van der Waals surface area contributed by atoms with Gasteiger partial charge in [0.25, 0.3) is 5.91 Å². The van der Waals surface area contributed by atoms with E-state index in [2.05, 4.69) is 91.1 Å². The second kappa shape index (κ2) is 82.2. The lowest BCUT2D eigenvalue weighted by Gasteiger charge is -2.25. The second-order valence-corrected chi connectivity index (χ2v) is 30.9. The molecule has 131 heavy (non-hydrogen) atoms. The van der Waals surface area contributed by atoms with Crippen molar-refractivity contribution >= 4 is 106 Å². The second-order valence-electron chi connectivity index (χ2n) is 30.0. The van der Waals surface area contributed by atoms with Crippen molar-refractivity contribution in [3.8, 4) is 0 Å². The molecule has 1 aromatic carbocycles. The molecule has 0 aliphatic heterocycles. The van der Waals surface area contributed by atoms with Crippen LogP contribution in [0.25, 0.3) is 0 Å². The molecule has 0 fully saturated rings. The number of benzene rings is 1. The summed E-state index contributed by atoms with van der Waals surface area (Å²) in [5.74, 6) is -4.60. The van der Waals surface area contributed by atoms with Crippen molar-refractivity contribution in [3.63, 3.8) is 0 Å². The minimum absolute atomic E-state index is 0.0137. The Balaban J connectivity index is 0.0000271. The maximum absolute atomic E-state index is 14.1. The maximum atomic E-state index is 14.1. The Morgan fingerprint density at radius 1 is 0.260 bits per heavy atom. The molecule has 0 aromatic heterocycles. The molecule has 0 atom stereocenters. The lowest BCUT2D eigenvalue weighted by atomic mass is 10.2. The molecule has 0 bridgehead atoms. The molecule has 0 unspecified atom stereocenters. The molecular weight excluding hydrogens is 1720 g/mol. The Bertz CT molecular complexity index is 3180. The van der Waals surface area contributed by atoms with E-state index in [0.29, 0.717) is 136 Å². The molecule has 0 spiro atoms. The van der Waals surface area contributed by atoms with Crippen LogP contribution in [0.15, 0.2) is 41.8 Å². The lowest BCUT2D eigenvalue weighted by Crippen LogP contribution is -2.45. The number of rotatable bonds is 81. The zero-order valence-corrected chi connectivity index (χ0v) is 78.3. The van der Waals surface area contributed by atoms with E-state index in [4.69, 9.17) is 45.9 Å². The van der Waals surface area contributed by atoms with Gasteiger partial charge in [0.15, 0.2) is 0 Å². The van der Waals surface area contributed by atoms with Gasteiger partial charge in [0.1, 0.15) is 0 Å². The fourth-order valence-corrected chi connectivity index (χ4v) is 12.5. The molecule has 47 nitrogen and oxygen atoms in total. The number of nitrogens with two attached hydrogens (primary N) is 8. The number of amides is 15. The number of thioether (sulfide) groups is 1. The van der Waals surface area contributed by atoms with Crippen molar-refractivity contribution in [2.24, 2.45) is 45.9 Å². The molecule has 0 aliphatic rings. The quantitative estimate of drug-likeness (QED) is 0.0164. The van der Waals surface area contributed by atoms with Gasteiger partial charge in [-0.3, -0.25) is 76.8 Å². The summed E-state index contributed by atoms with van der Waals surface area (Å²) in [6.07, 6.45) is 3.90. The molecule has 0 saturated carbocycles. The molecule has 1 rings (SSSR count). The van der Waals surface area contributed by atoms with Crippen LogP contribution in [0, 0.1) is 0 Å². The summed E-state index contributed by atoms with van der Waals surface area (Å²) >= 11 is 1.52. The molecule has 48 heteroatoms. The van der Waals surface area contributed by atoms with Gasteiger partial charge in [0.05, 0.1) is 13.7 Å². The summed E-state index contributed by atoms with van der Waals surface area (Å²) in [7, 11) is 1.31. The molecule has 31 N–H and O–H groups in total. The topological polar surface area (TPSA) is 694 Å². The third-order valence-corrected chi connectivity index (χ3v) is 20.3. The highest BCUT2D eigenvalue weighted by molar-refractivity contribution is 7.98. The first-order valence-corrected chi connectivity index (χ1v) is 46.4. The Labute approximate surface area is 776 Å². The molecule has 0 aliphatic carbocycles. The van der Waals surface area contributed by atoms with Crippen molar-refractivity contribution in [1.82, 2.24) is 114 Å². The summed E-state index contributed by atoms with van der Waals surface area (Å²) in [6, 6.07) is 7.05. The highest BCUT2D eigenvalue weighted by atomic mass is 32.2. The van der Waals surface area contributed by atoms with E-state index < -0.39 is 17.8 Å². The van der Waals surface area contributed by atoms with Crippen LogP contribution >= 0.6 is 11.8 Å². The van der Waals surface area contributed by atoms with Gasteiger partial charge in [-0.25, -0.2) is 4.79 Å². The summed E-state index contributed by atoms with van der Waals surface area (Å²) in [5.41, 5.74) is 45.0. The van der Waals surface area contributed by atoms with E-state index in [0.717, 1.165) is 11.0 Å². The first kappa shape index (κ1) is 121. The maximum Gasteiger partial charge on any atom is 0.329 e. The van der Waals surface area contributed by atoms with Crippen LogP contribution in [0.4, 0.5) is 0 Å². The Kier molecular flexibility index (Phi) is 76.0. The molecule has 1 aromatic rings. The van der Waals surface area contributed by atoms with E-state index in [1.54, 1.807) is 17.0 Å². The Morgan fingerprint density at radius 2 is 0.427 bits per heavy atom. The smallest absolute Gasteiger partial charge is 0.329 e. The Hall–Kier alpha value is -9.77. The third kappa shape index (κ3) is 71.6. The zero-order valence-electron chi connectivity index (χ0n) is 77.5. The van der Waals surface area contributed by atoms with Crippen molar-refractivity contribution < 1.29 is 81.4 Å². The van der Waals surface area contributed by atoms with Crippen LogP contribution in [0.5, 0.6) is 0 Å². The van der Waals surface area contributed by atoms with E-state index in [1.165, 1.54) is 18.9 Å². The normalized spacial score (nSPS) is 11.0. The summed E-state index contributed by atoms with van der Waals surface area (Å²) in [5, 5.41) is 42.3. The summed E-state index contributed by atoms with van der Waals surface area (Å²) in [6.45, 7) is 13.3. The van der Waals surface area contributed by atoms with Crippen LogP contribution < -0.4 is 126 Å². The number of esters is 1. The molecule has 15 amide bonds. The van der Waals surface area contributed by atoms with Crippen LogP contribution in [0.3, 0.4) is 0 Å². The van der Waals surface area contributed by atoms with Crippen molar-refractivity contribution in [2.45, 2.75) is 88.4 Å². The lowest BCUT2D eigenvalue weighted by molar-refractivity contribution is -0.135. The van der Waals surface area contributed by atoms with Gasteiger partial charge in [-0.05, 0) is 30.5 Å². The number of hydrogen-bond acceptors (Lipinski definition) is 33. The monoisotopic (exact) mass is 1880 g/mol. The number of carbonyl (C=O) groups is 16. The van der Waals surface area contributed by atoms with Gasteiger partial charge in [0.2, 0.25) is 82.7 Å². The molecule has 0 radical (unpaired) electrons. The van der Waals surface area contributed by atoms with Crippen molar-refractivity contribution in [2.75, 3.05) is 301 Å². The first-order valence-electron chi connectivity index (χ1n) is 45.2. The number of ether oxygens (including phenoxy) is 1. The van der Waals surface area contributed by atoms with Gasteiger partial charge in [-0.2, -0.15) is 0 Å². The predicted octanol–water partition coefficient (Wildman–Crippen LogP) is -11.0. The van der Waals surface area contributed by atoms with Gasteiger partial charge in [-0.1, -0.05) is 6.58 Å². The van der Waals surface area contributed by atoms with Crippen molar-refractivity contribution in [1.29, 1.82) is 0 Å². The van der Waals surface area contributed by atoms with Gasteiger partial charge < -0.3 is 160 Å². The minimum atomic E-state index is -0.438. The highest BCUT2D eigenvalue weighted by Gasteiger charge is 2.22. The standard InChI is InChI=1S/C79H152N30O15S.C4H6O2/c1-125-64-4-2-63(3-5-64)79(124)102-41-61-109(62-78(123)101-40-60-108(52-16-75(120)98-37-57-105(46-10-69(114)92-31-23-84)47-11-70(115)93-32-24-85)53-17-76(121)99-38-58-106(48-12-71(116)94-33-25-86)49-13-72(117)95-34-26-87)54-18-77(122)100-39-59-107(50-14-73(118)96-35-55-103(42-6-65(110)88-27-19-80)43-7-66(111)89-28-20-81)51-15-74(119)97-36-56-104(44-8-67(112)90-29-21-82)45-9-68(113)91-30-22-83;1-3-4(5)6-2/h2-5H,6-62,80-87H2,1H3,(H,88,110)(H,89,111)(H,90,112)(H,91,113)(H,92,114)(H,93,115)(H,94,116)(H,95,117)(H,96,118)(H,97,119)(H,98,120)(H,99,121)(H,100,122)(H,101,123)(H,102,124);3H,1H2,2H3. The van der Waals surface area contributed by atoms with Gasteiger partial charge in [0, 0.05) is 381 Å². The number of methoxy groups -OCH3 is 1. The van der Waals surface area contributed by atoms with Crippen LogP contribution in [-0.2, 0) is 76.7 Å². The predicted molar refractivity (Wildman–Crippen MR) is 502 cm³/mol. The van der Waals surface area contributed by atoms with E-state index in [9.17, 15) is 76.7 Å². The van der Waals surface area contributed by atoms with Crippen LogP contribution in [0.2, 0.25) is 0 Å². The SMILES string of the molecule is C=CC(=O)OC.CSc1ccc(C(=O)NCCN(CCC(=O)NCCN(CCC(=O)NCCN(CCC(=O)NCCN)CCC(=O)NCCN)CCC(=O)NCCN(CCC(=O)NCCN)CCC(=O)NCCN)CC(=O)NCCN(CCC(=O)NCCN(CCC(=O)NCCN)CCC(=O)NCCN)CCC(=O)NCCN(CCC(=O)NCCN)CCC(=O)NCCN)cc1. The van der Waals surface area contributed by atoms with Crippen LogP contribution in [-0.4, -0.2) is 430 Å². The first-order chi connectivity index (χ1) is 63.1. The van der Waals surface area contributed by atoms with Crippen molar-refractivity contribution in [3.05, 3.63) is 42.5 Å². The number of nitrogens with zero attached hydrogens (tertiary/aromatic N) is 7. The van der Waals surface area contributed by atoms with Crippen LogP contribution in [0.1, 0.15) is 93.8 Å². The summed E-state index contributed by atoms with van der Waals surface area (Å²) in [4.78, 5) is 219. The van der Waals surface area contributed by atoms with Gasteiger partial charge >= 0.3 is 5.97 Å². The Morgan fingerprint density at radius 3 is 0.595 bits per heavy atom. The molecule has 0 saturated heterocycles. The van der Waals surface area contributed by atoms with E-state index >= 15 is 0 Å². The van der Waals surface area contributed by atoms with E-state index in [-0.39, 0.29) is 317 Å². The minimum Gasteiger partial charge on any atom is -0.466 e. The summed E-state index contributed by atoms with van der Waals surface area (Å²) < 4.78 is 4.14. The average Bonchev–Trinajstić information content (AvgIpc) is 0.885. The fourth-order valence-electron chi connectivity index (χ4n) is 12.1. The largest absolute Gasteiger partial charge is 0.466 e. The molecule has 748 valence electrons. The number of hydrogen-bond donors (Lipinski definition) is 23. The zero-order chi connectivity index (χ0) is 97.3. The van der Waals surface area contributed by atoms with E-state index in [1.807, 2.05) is 47.8 Å². The fraction of sp³-hybridized carbons (Fsp3) is 0.711. The molecular formula is C83H158N30O17S. The highest BCUT2D eigenvalue weighted by Crippen LogP contribution is 2.15. The molecule has 0 heterocycles. The average molecular weight is 1880 g/mol. The van der Waals surface area contributed by atoms with Gasteiger partial charge in [-0.15, -0.1) is 11.8 Å². The number of carbonyl (C=O) groups excluding carboxylic acids is 16. The number of nitrogens with one attached hydrogen (secondary N) is 15.